The third kappa shape index (κ3) is 5.05. The van der Waals surface area contributed by atoms with Gasteiger partial charge in [-0.3, -0.25) is 4.79 Å². The third-order valence-electron chi connectivity index (χ3n) is 4.11. The monoisotopic (exact) mass is 378 g/mol. The van der Waals surface area contributed by atoms with E-state index in [1.165, 1.54) is 0 Å². The molecule has 0 aliphatic rings. The zero-order valence-electron chi connectivity index (χ0n) is 15.3. The first kappa shape index (κ1) is 18.9. The van der Waals surface area contributed by atoms with Gasteiger partial charge in [0.05, 0.1) is 7.11 Å². The maximum Gasteiger partial charge on any atom is 0.251 e. The molecule has 3 aromatic rings. The van der Waals surface area contributed by atoms with E-state index < -0.39 is 6.04 Å². The first-order valence-electron chi connectivity index (χ1n) is 8.60. The Morgan fingerprint density at radius 1 is 0.926 bits per heavy atom. The Morgan fingerprint density at radius 2 is 1.67 bits per heavy atom. The summed E-state index contributed by atoms with van der Waals surface area (Å²) in [6.07, 6.45) is 2.03. The van der Waals surface area contributed by atoms with Gasteiger partial charge in [0.15, 0.2) is 0 Å². The van der Waals surface area contributed by atoms with Crippen molar-refractivity contribution in [1.29, 1.82) is 0 Å². The van der Waals surface area contributed by atoms with Gasteiger partial charge in [-0.25, -0.2) is 0 Å². The van der Waals surface area contributed by atoms with Crippen LogP contribution in [0.5, 0.6) is 5.75 Å². The van der Waals surface area contributed by atoms with E-state index in [0.717, 1.165) is 16.1 Å². The second kappa shape index (κ2) is 9.14. The molecule has 0 bridgehead atoms. The number of hydrogen-bond donors (Lipinski definition) is 2. The summed E-state index contributed by atoms with van der Waals surface area (Å²) in [5.41, 5.74) is 2.49. The van der Waals surface area contributed by atoms with Crippen LogP contribution in [0.4, 0.5) is 11.4 Å². The van der Waals surface area contributed by atoms with E-state index >= 15 is 0 Å². The maximum atomic E-state index is 13.1. The maximum absolute atomic E-state index is 13.1. The Labute approximate surface area is 164 Å². The number of amides is 1. The highest BCUT2D eigenvalue weighted by Gasteiger charge is 2.21. The summed E-state index contributed by atoms with van der Waals surface area (Å²) in [5.74, 6) is 0.564. The molecule has 3 rings (SSSR count). The van der Waals surface area contributed by atoms with Crippen LogP contribution in [0.25, 0.3) is 0 Å². The van der Waals surface area contributed by atoms with Gasteiger partial charge >= 0.3 is 0 Å². The van der Waals surface area contributed by atoms with Crippen LogP contribution in [-0.2, 0) is 4.79 Å². The molecule has 0 unspecified atom stereocenters. The van der Waals surface area contributed by atoms with E-state index in [9.17, 15) is 4.79 Å². The molecular formula is C22H22N2O2S. The number of methoxy groups -OCH3 is 1. The first-order valence-corrected chi connectivity index (χ1v) is 9.82. The number of benzene rings is 3. The predicted molar refractivity (Wildman–Crippen MR) is 113 cm³/mol. The number of carbonyl (C=O) groups is 1. The lowest BCUT2D eigenvalue weighted by Gasteiger charge is -2.20. The van der Waals surface area contributed by atoms with Crippen molar-refractivity contribution >= 4 is 29.0 Å². The second-order valence-corrected chi connectivity index (χ2v) is 6.82. The Kier molecular flexibility index (Phi) is 6.39. The number of ether oxygens (including phenoxy) is 1. The Hall–Kier alpha value is -2.92. The number of anilines is 2. The summed E-state index contributed by atoms with van der Waals surface area (Å²) in [6, 6.07) is 24.5. The molecule has 0 radical (unpaired) electrons. The summed E-state index contributed by atoms with van der Waals surface area (Å²) >= 11 is 1.67. The van der Waals surface area contributed by atoms with Gasteiger partial charge < -0.3 is 15.4 Å². The smallest absolute Gasteiger partial charge is 0.251 e. The van der Waals surface area contributed by atoms with Gasteiger partial charge in [-0.1, -0.05) is 42.5 Å². The highest BCUT2D eigenvalue weighted by atomic mass is 32.2. The van der Waals surface area contributed by atoms with Crippen molar-refractivity contribution < 1.29 is 9.53 Å². The standard InChI is InChI=1S/C22H22N2O2S/c1-26-19-12-6-10-17(14-19)24-22(25)21(16-8-4-3-5-9-16)23-18-11-7-13-20(15-18)27-2/h3-15,21,23H,1-2H3,(H,24,25)/t21-/m0/s1. The molecule has 0 fully saturated rings. The Bertz CT molecular complexity index is 900. The third-order valence-corrected chi connectivity index (χ3v) is 4.84. The number of carbonyl (C=O) groups excluding carboxylic acids is 1. The minimum absolute atomic E-state index is 0.135. The SMILES string of the molecule is COc1cccc(NC(=O)[C@@H](Nc2cccc(SC)c2)c2ccccc2)c1. The Balaban J connectivity index is 1.86. The van der Waals surface area contributed by atoms with Crippen molar-refractivity contribution in [2.24, 2.45) is 0 Å². The zero-order valence-corrected chi connectivity index (χ0v) is 16.1. The van der Waals surface area contributed by atoms with Gasteiger partial charge in [0.1, 0.15) is 11.8 Å². The van der Waals surface area contributed by atoms with Crippen molar-refractivity contribution in [2.75, 3.05) is 24.0 Å². The lowest BCUT2D eigenvalue weighted by atomic mass is 10.1. The molecule has 0 aromatic heterocycles. The molecule has 0 aliphatic carbocycles. The van der Waals surface area contributed by atoms with Crippen LogP contribution in [0.15, 0.2) is 83.8 Å². The molecule has 0 heterocycles. The van der Waals surface area contributed by atoms with E-state index in [0.29, 0.717) is 11.4 Å². The Morgan fingerprint density at radius 3 is 2.41 bits per heavy atom. The molecule has 0 saturated carbocycles. The fourth-order valence-electron chi connectivity index (χ4n) is 2.74. The van der Waals surface area contributed by atoms with E-state index in [1.807, 2.05) is 79.1 Å². The van der Waals surface area contributed by atoms with Crippen LogP contribution < -0.4 is 15.4 Å². The zero-order chi connectivity index (χ0) is 19.1. The predicted octanol–water partition coefficient (Wildman–Crippen LogP) is 5.21. The molecule has 0 saturated heterocycles. The molecule has 5 heteroatoms. The van der Waals surface area contributed by atoms with E-state index in [1.54, 1.807) is 24.9 Å². The molecule has 4 nitrogen and oxygen atoms in total. The molecule has 27 heavy (non-hydrogen) atoms. The average Bonchev–Trinajstić information content (AvgIpc) is 2.73. The molecule has 0 aliphatic heterocycles. The average molecular weight is 378 g/mol. The minimum atomic E-state index is -0.519. The lowest BCUT2D eigenvalue weighted by Crippen LogP contribution is -2.27. The molecular weight excluding hydrogens is 356 g/mol. The van der Waals surface area contributed by atoms with Gasteiger partial charge in [-0.2, -0.15) is 0 Å². The van der Waals surface area contributed by atoms with E-state index in [-0.39, 0.29) is 5.91 Å². The number of rotatable bonds is 7. The first-order chi connectivity index (χ1) is 13.2. The number of thioether (sulfide) groups is 1. The van der Waals surface area contributed by atoms with Crippen LogP contribution in [0, 0.1) is 0 Å². The lowest BCUT2D eigenvalue weighted by molar-refractivity contribution is -0.117. The van der Waals surface area contributed by atoms with Gasteiger partial charge in [0.2, 0.25) is 0 Å². The summed E-state index contributed by atoms with van der Waals surface area (Å²) in [6.45, 7) is 0. The largest absolute Gasteiger partial charge is 0.497 e. The summed E-state index contributed by atoms with van der Waals surface area (Å²) in [7, 11) is 1.61. The van der Waals surface area contributed by atoms with E-state index in [4.69, 9.17) is 4.74 Å². The van der Waals surface area contributed by atoms with Crippen molar-refractivity contribution in [3.63, 3.8) is 0 Å². The van der Waals surface area contributed by atoms with Crippen LogP contribution >= 0.6 is 11.8 Å². The molecule has 1 atom stereocenters. The molecule has 0 spiro atoms. The highest BCUT2D eigenvalue weighted by molar-refractivity contribution is 7.98. The molecule has 3 aromatic carbocycles. The van der Waals surface area contributed by atoms with Crippen LogP contribution in [0.1, 0.15) is 11.6 Å². The van der Waals surface area contributed by atoms with Crippen molar-refractivity contribution in [2.45, 2.75) is 10.9 Å². The van der Waals surface area contributed by atoms with Gasteiger partial charge in [-0.15, -0.1) is 11.8 Å². The van der Waals surface area contributed by atoms with Crippen LogP contribution in [0.3, 0.4) is 0 Å². The molecule has 138 valence electrons. The summed E-state index contributed by atoms with van der Waals surface area (Å²) in [4.78, 5) is 14.2. The van der Waals surface area contributed by atoms with Crippen molar-refractivity contribution in [1.82, 2.24) is 0 Å². The normalized spacial score (nSPS) is 11.5. The van der Waals surface area contributed by atoms with Gasteiger partial charge in [-0.05, 0) is 42.2 Å². The van der Waals surface area contributed by atoms with Gasteiger partial charge in [0.25, 0.3) is 5.91 Å². The number of nitrogens with one attached hydrogen (secondary N) is 2. The number of hydrogen-bond acceptors (Lipinski definition) is 4. The van der Waals surface area contributed by atoms with E-state index in [2.05, 4.69) is 10.6 Å². The highest BCUT2D eigenvalue weighted by Crippen LogP contribution is 2.25. The topological polar surface area (TPSA) is 50.4 Å². The van der Waals surface area contributed by atoms with Crippen molar-refractivity contribution in [3.8, 4) is 5.75 Å². The van der Waals surface area contributed by atoms with Crippen molar-refractivity contribution in [3.05, 3.63) is 84.4 Å². The summed E-state index contributed by atoms with van der Waals surface area (Å²) < 4.78 is 5.23. The summed E-state index contributed by atoms with van der Waals surface area (Å²) in [5, 5.41) is 6.34. The fourth-order valence-corrected chi connectivity index (χ4v) is 3.20. The molecule has 2 N–H and O–H groups in total. The second-order valence-electron chi connectivity index (χ2n) is 5.94. The van der Waals surface area contributed by atoms with Gasteiger partial charge in [0, 0.05) is 22.3 Å². The van der Waals surface area contributed by atoms with Crippen LogP contribution in [0.2, 0.25) is 0 Å². The fraction of sp³-hybridized carbons (Fsp3) is 0.136. The van der Waals surface area contributed by atoms with Crippen LogP contribution in [-0.4, -0.2) is 19.3 Å². The molecule has 1 amide bonds. The quantitative estimate of drug-likeness (QED) is 0.554. The minimum Gasteiger partial charge on any atom is -0.497 e.